The Kier molecular flexibility index (Phi) is 7.93. The lowest BCUT2D eigenvalue weighted by Crippen LogP contribution is -2.40. The molecule has 1 aliphatic carbocycles. The van der Waals surface area contributed by atoms with E-state index in [4.69, 9.17) is 9.47 Å². The molecule has 4 rings (SSSR count). The van der Waals surface area contributed by atoms with Gasteiger partial charge in [-0.1, -0.05) is 0 Å². The molecule has 2 fully saturated rings. The molecule has 1 saturated carbocycles. The molecule has 1 aromatic carbocycles. The largest absolute Gasteiger partial charge is 0.477 e. The van der Waals surface area contributed by atoms with Gasteiger partial charge in [-0.25, -0.2) is 13.8 Å². The average Bonchev–Trinajstić information content (AvgIpc) is 2.83. The number of hydrogen-bond donors (Lipinski definition) is 2. The highest BCUT2D eigenvalue weighted by atomic mass is 19.3. The molecular weight excluding hydrogens is 428 g/mol. The number of morpholine rings is 1. The minimum Gasteiger partial charge on any atom is -0.477 e. The molecule has 0 radical (unpaired) electrons. The van der Waals surface area contributed by atoms with Crippen LogP contribution in [0, 0.1) is 5.92 Å². The summed E-state index contributed by atoms with van der Waals surface area (Å²) >= 11 is 0. The number of hydrogen-bond acceptors (Lipinski definition) is 7. The molecule has 0 bridgehead atoms. The predicted octanol–water partition coefficient (Wildman–Crippen LogP) is 4.24. The summed E-state index contributed by atoms with van der Waals surface area (Å²) in [6.45, 7) is 4.59. The lowest BCUT2D eigenvalue weighted by molar-refractivity contribution is 0.0177. The zero-order chi connectivity index (χ0) is 23.1. The summed E-state index contributed by atoms with van der Waals surface area (Å²) in [6.07, 6.45) is 5.37. The Bertz CT molecular complexity index is 864. The molecule has 0 atom stereocenters. The van der Waals surface area contributed by atoms with Crippen LogP contribution >= 0.6 is 0 Å². The van der Waals surface area contributed by atoms with Crippen molar-refractivity contribution >= 4 is 17.3 Å². The van der Waals surface area contributed by atoms with E-state index >= 15 is 0 Å². The zero-order valence-electron chi connectivity index (χ0n) is 19.1. The maximum absolute atomic E-state index is 13.0. The van der Waals surface area contributed by atoms with Crippen LogP contribution in [0.25, 0.3) is 0 Å². The molecule has 1 aromatic heterocycles. The standard InChI is InChI=1S/C24H33F2N5O2/c1-24(25,26)17-28-19-4-2-18(3-5-19)16-33-22-10-11-27-23(30-22)29-20-6-8-21(9-7-20)31-12-14-32-15-13-31/h6-11,18-19,28H,2-5,12-17H2,1H3,(H,27,29,30). The Morgan fingerprint density at radius 1 is 1.09 bits per heavy atom. The summed E-state index contributed by atoms with van der Waals surface area (Å²) in [4.78, 5) is 11.1. The summed E-state index contributed by atoms with van der Waals surface area (Å²) in [5, 5.41) is 6.21. The SMILES string of the molecule is CC(F)(F)CNC1CCC(COc2ccnc(Nc3ccc(N4CCOCC4)cc3)n2)CC1. The van der Waals surface area contributed by atoms with Crippen LogP contribution in [0.2, 0.25) is 0 Å². The third-order valence-corrected chi connectivity index (χ3v) is 6.14. The third kappa shape index (κ3) is 7.50. The lowest BCUT2D eigenvalue weighted by Gasteiger charge is -2.29. The molecule has 2 aliphatic rings. The fraction of sp³-hybridized carbons (Fsp3) is 0.583. The first kappa shape index (κ1) is 23.6. The summed E-state index contributed by atoms with van der Waals surface area (Å²) in [6, 6.07) is 10.1. The molecular formula is C24H33F2N5O2. The van der Waals surface area contributed by atoms with E-state index < -0.39 is 5.92 Å². The number of aromatic nitrogens is 2. The molecule has 180 valence electrons. The van der Waals surface area contributed by atoms with Gasteiger partial charge >= 0.3 is 0 Å². The molecule has 1 aliphatic heterocycles. The highest BCUT2D eigenvalue weighted by Gasteiger charge is 2.26. The molecule has 0 spiro atoms. The van der Waals surface area contributed by atoms with Gasteiger partial charge in [0.25, 0.3) is 5.92 Å². The number of rotatable bonds is 9. The van der Waals surface area contributed by atoms with Crippen LogP contribution in [0.1, 0.15) is 32.6 Å². The minimum atomic E-state index is -2.66. The molecule has 7 nitrogen and oxygen atoms in total. The fourth-order valence-corrected chi connectivity index (χ4v) is 4.25. The first-order valence-electron chi connectivity index (χ1n) is 11.7. The van der Waals surface area contributed by atoms with Crippen molar-refractivity contribution in [3.63, 3.8) is 0 Å². The van der Waals surface area contributed by atoms with E-state index in [1.165, 1.54) is 5.69 Å². The second-order valence-electron chi connectivity index (χ2n) is 8.97. The molecule has 1 saturated heterocycles. The van der Waals surface area contributed by atoms with E-state index in [0.717, 1.165) is 64.6 Å². The van der Waals surface area contributed by atoms with Gasteiger partial charge < -0.3 is 25.0 Å². The Morgan fingerprint density at radius 3 is 2.52 bits per heavy atom. The van der Waals surface area contributed by atoms with Crippen LogP contribution in [0.15, 0.2) is 36.5 Å². The van der Waals surface area contributed by atoms with Crippen LogP contribution in [0.3, 0.4) is 0 Å². The smallest absolute Gasteiger partial charge is 0.257 e. The molecule has 2 heterocycles. The van der Waals surface area contributed by atoms with Crippen molar-refractivity contribution in [2.75, 3.05) is 49.7 Å². The van der Waals surface area contributed by atoms with Crippen LogP contribution in [0.4, 0.5) is 26.1 Å². The first-order chi connectivity index (χ1) is 15.9. The van der Waals surface area contributed by atoms with Gasteiger partial charge in [0.2, 0.25) is 11.8 Å². The normalized spacial score (nSPS) is 21.6. The Labute approximate surface area is 193 Å². The first-order valence-corrected chi connectivity index (χ1v) is 11.7. The van der Waals surface area contributed by atoms with Gasteiger partial charge in [0.1, 0.15) is 0 Å². The van der Waals surface area contributed by atoms with Crippen molar-refractivity contribution in [1.82, 2.24) is 15.3 Å². The van der Waals surface area contributed by atoms with Crippen molar-refractivity contribution < 1.29 is 18.3 Å². The number of benzene rings is 1. The second-order valence-corrected chi connectivity index (χ2v) is 8.97. The van der Waals surface area contributed by atoms with Crippen LogP contribution in [0.5, 0.6) is 5.88 Å². The van der Waals surface area contributed by atoms with Crippen molar-refractivity contribution in [3.8, 4) is 5.88 Å². The number of ether oxygens (including phenoxy) is 2. The Hall–Kier alpha value is -2.52. The fourth-order valence-electron chi connectivity index (χ4n) is 4.25. The van der Waals surface area contributed by atoms with Crippen LogP contribution < -0.4 is 20.3 Å². The van der Waals surface area contributed by atoms with Gasteiger partial charge in [0, 0.05) is 49.7 Å². The van der Waals surface area contributed by atoms with Crippen molar-refractivity contribution in [3.05, 3.63) is 36.5 Å². The summed E-state index contributed by atoms with van der Waals surface area (Å²) in [5.41, 5.74) is 2.09. The van der Waals surface area contributed by atoms with Crippen molar-refractivity contribution in [2.24, 2.45) is 5.92 Å². The van der Waals surface area contributed by atoms with E-state index in [-0.39, 0.29) is 12.6 Å². The number of halogens is 2. The maximum Gasteiger partial charge on any atom is 0.257 e. The van der Waals surface area contributed by atoms with Gasteiger partial charge in [-0.15, -0.1) is 0 Å². The number of nitrogens with one attached hydrogen (secondary N) is 2. The van der Waals surface area contributed by atoms with Gasteiger partial charge in [-0.3, -0.25) is 0 Å². The van der Waals surface area contributed by atoms with Gasteiger partial charge in [0.15, 0.2) is 0 Å². The number of alkyl halides is 2. The molecule has 0 unspecified atom stereocenters. The van der Waals surface area contributed by atoms with Crippen molar-refractivity contribution in [1.29, 1.82) is 0 Å². The van der Waals surface area contributed by atoms with E-state index in [1.54, 1.807) is 12.3 Å². The topological polar surface area (TPSA) is 71.5 Å². The Morgan fingerprint density at radius 2 is 1.82 bits per heavy atom. The lowest BCUT2D eigenvalue weighted by atomic mass is 9.86. The molecule has 0 amide bonds. The highest BCUT2D eigenvalue weighted by molar-refractivity contribution is 5.59. The van der Waals surface area contributed by atoms with Crippen LogP contribution in [-0.4, -0.2) is 61.4 Å². The monoisotopic (exact) mass is 461 g/mol. The summed E-state index contributed by atoms with van der Waals surface area (Å²) < 4.78 is 37.4. The third-order valence-electron chi connectivity index (χ3n) is 6.14. The summed E-state index contributed by atoms with van der Waals surface area (Å²) in [7, 11) is 0. The quantitative estimate of drug-likeness (QED) is 0.579. The van der Waals surface area contributed by atoms with Gasteiger partial charge in [-0.05, 0) is 55.9 Å². The zero-order valence-corrected chi connectivity index (χ0v) is 19.1. The number of nitrogens with zero attached hydrogens (tertiary/aromatic N) is 3. The van der Waals surface area contributed by atoms with Crippen LogP contribution in [-0.2, 0) is 4.74 Å². The van der Waals surface area contributed by atoms with E-state index in [2.05, 4.69) is 37.6 Å². The second kappa shape index (κ2) is 11.1. The predicted molar refractivity (Wildman–Crippen MR) is 125 cm³/mol. The minimum absolute atomic E-state index is 0.163. The number of anilines is 3. The van der Waals surface area contributed by atoms with E-state index in [0.29, 0.717) is 24.4 Å². The van der Waals surface area contributed by atoms with Crippen molar-refractivity contribution in [2.45, 2.75) is 44.6 Å². The van der Waals surface area contributed by atoms with Gasteiger partial charge in [-0.2, -0.15) is 4.98 Å². The summed E-state index contributed by atoms with van der Waals surface area (Å²) in [5.74, 6) is -1.24. The molecule has 2 N–H and O–H groups in total. The maximum atomic E-state index is 13.0. The van der Waals surface area contributed by atoms with Gasteiger partial charge in [0.05, 0.1) is 26.4 Å². The molecule has 33 heavy (non-hydrogen) atoms. The average molecular weight is 462 g/mol. The Balaban J connectivity index is 1.22. The highest BCUT2D eigenvalue weighted by Crippen LogP contribution is 2.26. The molecule has 2 aromatic rings. The van der Waals surface area contributed by atoms with E-state index in [9.17, 15) is 8.78 Å². The van der Waals surface area contributed by atoms with E-state index in [1.807, 2.05) is 12.1 Å². The molecule has 9 heteroatoms.